The van der Waals surface area contributed by atoms with Crippen molar-refractivity contribution in [3.05, 3.63) is 0 Å². The van der Waals surface area contributed by atoms with Crippen LogP contribution in [0.25, 0.3) is 0 Å². The number of hydrogen-bond donors (Lipinski definition) is 2. The molecule has 1 fully saturated rings. The van der Waals surface area contributed by atoms with E-state index in [9.17, 15) is 4.79 Å². The van der Waals surface area contributed by atoms with Crippen LogP contribution in [0.3, 0.4) is 0 Å². The minimum Gasteiger partial charge on any atom is -0.356 e. The molecule has 3 nitrogen and oxygen atoms in total. The van der Waals surface area contributed by atoms with Gasteiger partial charge in [0.05, 0.1) is 0 Å². The van der Waals surface area contributed by atoms with E-state index in [1.54, 1.807) is 0 Å². The normalized spacial score (nSPS) is 18.1. The maximum absolute atomic E-state index is 11.3. The smallest absolute Gasteiger partial charge is 0.220 e. The fourth-order valence-corrected chi connectivity index (χ4v) is 2.76. The Morgan fingerprint density at radius 3 is 2.79 bits per heavy atom. The summed E-state index contributed by atoms with van der Waals surface area (Å²) in [7, 11) is 0. The van der Waals surface area contributed by atoms with E-state index in [-0.39, 0.29) is 5.91 Å². The Balaban J connectivity index is 2.03. The van der Waals surface area contributed by atoms with E-state index < -0.39 is 0 Å². The molecule has 0 aromatic carbocycles. The van der Waals surface area contributed by atoms with E-state index in [1.807, 2.05) is 11.8 Å². The fraction of sp³-hybridized carbons (Fsp3) is 0.900. The van der Waals surface area contributed by atoms with Gasteiger partial charge in [0.15, 0.2) is 0 Å². The molecule has 1 saturated heterocycles. The number of hydrogen-bond acceptors (Lipinski definition) is 3. The fourth-order valence-electron chi connectivity index (χ4n) is 1.56. The van der Waals surface area contributed by atoms with Crippen molar-refractivity contribution < 1.29 is 4.79 Å². The standard InChI is InChI=1S/C10H20N2OS/c11-5-1-2-10(13)12-8-9-3-6-14-7-4-9/h9H,1-8,11H2,(H,12,13). The number of amides is 1. The van der Waals surface area contributed by atoms with E-state index in [0.717, 1.165) is 13.0 Å². The first kappa shape index (κ1) is 11.9. The molecule has 0 aromatic rings. The van der Waals surface area contributed by atoms with Crippen LogP contribution in [0, 0.1) is 5.92 Å². The minimum absolute atomic E-state index is 0.161. The zero-order chi connectivity index (χ0) is 10.2. The van der Waals surface area contributed by atoms with Crippen LogP contribution in [-0.2, 0) is 4.79 Å². The predicted octanol–water partition coefficient (Wildman–Crippen LogP) is 0.985. The lowest BCUT2D eigenvalue weighted by atomic mass is 10.0. The number of thioether (sulfide) groups is 1. The van der Waals surface area contributed by atoms with Crippen LogP contribution >= 0.6 is 11.8 Å². The Kier molecular flexibility index (Phi) is 6.03. The number of carbonyl (C=O) groups excluding carboxylic acids is 1. The third kappa shape index (κ3) is 4.86. The molecule has 0 atom stereocenters. The molecular weight excluding hydrogens is 196 g/mol. The number of nitrogens with one attached hydrogen (secondary N) is 1. The van der Waals surface area contributed by atoms with E-state index in [1.165, 1.54) is 24.3 Å². The molecule has 0 bridgehead atoms. The van der Waals surface area contributed by atoms with Crippen LogP contribution in [0.15, 0.2) is 0 Å². The van der Waals surface area contributed by atoms with Gasteiger partial charge in [0, 0.05) is 13.0 Å². The highest BCUT2D eigenvalue weighted by Crippen LogP contribution is 2.21. The van der Waals surface area contributed by atoms with Crippen molar-refractivity contribution in [1.29, 1.82) is 0 Å². The largest absolute Gasteiger partial charge is 0.356 e. The van der Waals surface area contributed by atoms with Gasteiger partial charge in [-0.3, -0.25) is 4.79 Å². The molecule has 0 unspecified atom stereocenters. The molecule has 1 aliphatic rings. The van der Waals surface area contributed by atoms with E-state index in [2.05, 4.69) is 5.32 Å². The first-order chi connectivity index (χ1) is 6.83. The summed E-state index contributed by atoms with van der Waals surface area (Å²) in [5, 5.41) is 2.98. The lowest BCUT2D eigenvalue weighted by Crippen LogP contribution is -2.31. The van der Waals surface area contributed by atoms with Gasteiger partial charge in [0.2, 0.25) is 5.91 Å². The van der Waals surface area contributed by atoms with Crippen molar-refractivity contribution >= 4 is 17.7 Å². The zero-order valence-electron chi connectivity index (χ0n) is 8.63. The van der Waals surface area contributed by atoms with Crippen molar-refractivity contribution in [2.75, 3.05) is 24.6 Å². The summed E-state index contributed by atoms with van der Waals surface area (Å²) in [5.41, 5.74) is 5.33. The molecule has 1 amide bonds. The number of carbonyl (C=O) groups is 1. The highest BCUT2D eigenvalue weighted by atomic mass is 32.2. The topological polar surface area (TPSA) is 55.1 Å². The Hall–Kier alpha value is -0.220. The third-order valence-corrected chi connectivity index (χ3v) is 3.59. The summed E-state index contributed by atoms with van der Waals surface area (Å²) in [6, 6.07) is 0. The van der Waals surface area contributed by atoms with Crippen molar-refractivity contribution in [1.82, 2.24) is 5.32 Å². The second-order valence-electron chi connectivity index (χ2n) is 3.75. The molecule has 1 aliphatic heterocycles. The van der Waals surface area contributed by atoms with E-state index >= 15 is 0 Å². The maximum Gasteiger partial charge on any atom is 0.220 e. The average Bonchev–Trinajstić information content (AvgIpc) is 2.25. The lowest BCUT2D eigenvalue weighted by molar-refractivity contribution is -0.121. The SMILES string of the molecule is NCCCC(=O)NCC1CCSCC1. The average molecular weight is 216 g/mol. The molecule has 0 spiro atoms. The molecule has 0 radical (unpaired) electrons. The van der Waals surface area contributed by atoms with Gasteiger partial charge in [-0.15, -0.1) is 0 Å². The van der Waals surface area contributed by atoms with Crippen LogP contribution < -0.4 is 11.1 Å². The third-order valence-electron chi connectivity index (χ3n) is 2.54. The summed E-state index contributed by atoms with van der Waals surface area (Å²) < 4.78 is 0. The van der Waals surface area contributed by atoms with Crippen LogP contribution in [0.1, 0.15) is 25.7 Å². The molecule has 4 heteroatoms. The van der Waals surface area contributed by atoms with Crippen LogP contribution in [0.5, 0.6) is 0 Å². The Morgan fingerprint density at radius 2 is 2.14 bits per heavy atom. The van der Waals surface area contributed by atoms with Gasteiger partial charge in [0.1, 0.15) is 0 Å². The van der Waals surface area contributed by atoms with Crippen molar-refractivity contribution in [2.24, 2.45) is 11.7 Å². The maximum atomic E-state index is 11.3. The van der Waals surface area contributed by atoms with Crippen LogP contribution in [-0.4, -0.2) is 30.5 Å². The Bertz CT molecular complexity index is 170. The van der Waals surface area contributed by atoms with Crippen molar-refractivity contribution in [3.8, 4) is 0 Å². The summed E-state index contributed by atoms with van der Waals surface area (Å²) >= 11 is 2.02. The van der Waals surface area contributed by atoms with Crippen molar-refractivity contribution in [3.63, 3.8) is 0 Å². The molecule has 82 valence electrons. The van der Waals surface area contributed by atoms with Gasteiger partial charge in [-0.1, -0.05) is 0 Å². The Labute approximate surface area is 90.2 Å². The van der Waals surface area contributed by atoms with E-state index in [0.29, 0.717) is 18.9 Å². The molecule has 0 saturated carbocycles. The summed E-state index contributed by atoms with van der Waals surface area (Å²) in [6.45, 7) is 1.47. The highest BCUT2D eigenvalue weighted by Gasteiger charge is 2.13. The quantitative estimate of drug-likeness (QED) is 0.720. The van der Waals surface area contributed by atoms with Gasteiger partial charge in [-0.25, -0.2) is 0 Å². The highest BCUT2D eigenvalue weighted by molar-refractivity contribution is 7.99. The first-order valence-electron chi connectivity index (χ1n) is 5.37. The summed E-state index contributed by atoms with van der Waals surface area (Å²) in [6.07, 6.45) is 3.88. The van der Waals surface area contributed by atoms with Gasteiger partial charge >= 0.3 is 0 Å². The second-order valence-corrected chi connectivity index (χ2v) is 4.98. The summed E-state index contributed by atoms with van der Waals surface area (Å²) in [5.74, 6) is 3.37. The molecule has 14 heavy (non-hydrogen) atoms. The van der Waals surface area contributed by atoms with Crippen LogP contribution in [0.2, 0.25) is 0 Å². The Morgan fingerprint density at radius 1 is 1.43 bits per heavy atom. The number of rotatable bonds is 5. The second kappa shape index (κ2) is 7.12. The molecule has 1 rings (SSSR count). The van der Waals surface area contributed by atoms with Gasteiger partial charge in [-0.05, 0) is 43.2 Å². The molecule has 1 heterocycles. The number of nitrogens with two attached hydrogens (primary N) is 1. The van der Waals surface area contributed by atoms with Gasteiger partial charge in [-0.2, -0.15) is 11.8 Å². The van der Waals surface area contributed by atoms with Crippen LogP contribution in [0.4, 0.5) is 0 Å². The molecule has 0 aliphatic carbocycles. The zero-order valence-corrected chi connectivity index (χ0v) is 9.44. The van der Waals surface area contributed by atoms with Gasteiger partial charge < -0.3 is 11.1 Å². The van der Waals surface area contributed by atoms with E-state index in [4.69, 9.17) is 5.73 Å². The molecule has 3 N–H and O–H groups in total. The van der Waals surface area contributed by atoms with Gasteiger partial charge in [0.25, 0.3) is 0 Å². The molecule has 0 aromatic heterocycles. The monoisotopic (exact) mass is 216 g/mol. The minimum atomic E-state index is 0.161. The lowest BCUT2D eigenvalue weighted by Gasteiger charge is -2.21. The first-order valence-corrected chi connectivity index (χ1v) is 6.53. The summed E-state index contributed by atoms with van der Waals surface area (Å²) in [4.78, 5) is 11.3. The molecular formula is C10H20N2OS. The predicted molar refractivity (Wildman–Crippen MR) is 61.3 cm³/mol. The van der Waals surface area contributed by atoms with Crippen molar-refractivity contribution in [2.45, 2.75) is 25.7 Å².